The van der Waals surface area contributed by atoms with Crippen molar-refractivity contribution in [1.29, 1.82) is 0 Å². The van der Waals surface area contributed by atoms with Gasteiger partial charge in [-0.05, 0) is 42.5 Å². The van der Waals surface area contributed by atoms with Gasteiger partial charge in [0.25, 0.3) is 0 Å². The van der Waals surface area contributed by atoms with Crippen molar-refractivity contribution in [3.05, 3.63) is 82.4 Å². The zero-order valence-corrected chi connectivity index (χ0v) is 17.8. The average Bonchev–Trinajstić information content (AvgIpc) is 3.05. The zero-order chi connectivity index (χ0) is 25.3. The predicted octanol–water partition coefficient (Wildman–Crippen LogP) is 3.89. The highest BCUT2D eigenvalue weighted by Crippen LogP contribution is 2.57. The van der Waals surface area contributed by atoms with E-state index in [4.69, 9.17) is 9.47 Å². The molecule has 2 aliphatic heterocycles. The van der Waals surface area contributed by atoms with Gasteiger partial charge in [-0.25, -0.2) is 9.59 Å². The summed E-state index contributed by atoms with van der Waals surface area (Å²) in [7, 11) is -5.99. The second-order valence-corrected chi connectivity index (χ2v) is 9.10. The van der Waals surface area contributed by atoms with Gasteiger partial charge in [0.05, 0.1) is 11.1 Å². The van der Waals surface area contributed by atoms with E-state index in [2.05, 4.69) is 4.18 Å². The Kier molecular flexibility index (Phi) is 4.58. The molecule has 5 rings (SSSR count). The molecule has 2 N–H and O–H groups in total. The first-order valence-corrected chi connectivity index (χ1v) is 11.0. The molecule has 3 aromatic rings. The Balaban J connectivity index is 1.76. The summed E-state index contributed by atoms with van der Waals surface area (Å²) in [4.78, 5) is 24.4. The molecular weight excluding hydrogens is 497 g/mol. The van der Waals surface area contributed by atoms with Gasteiger partial charge in [-0.2, -0.15) is 21.6 Å². The van der Waals surface area contributed by atoms with Crippen LogP contribution in [0.5, 0.6) is 23.0 Å². The summed E-state index contributed by atoms with van der Waals surface area (Å²) in [6.07, 6.45) is 0. The number of carboxylic acid groups (broad SMARTS) is 1. The largest absolute Gasteiger partial charge is 0.534 e. The minimum Gasteiger partial charge on any atom is -0.508 e. The molecule has 13 heteroatoms. The Hall–Kier alpha value is -4.26. The van der Waals surface area contributed by atoms with Crippen LogP contribution in [0.15, 0.2) is 54.6 Å². The number of phenols is 1. The number of carboxylic acids is 1. The van der Waals surface area contributed by atoms with Crippen molar-refractivity contribution in [2.24, 2.45) is 0 Å². The SMILES string of the molecule is O=C(O)c1ccc2c(c1)C1(OC2=O)c2ccc(O)cc2Oc2cc(OS(=O)(=O)C(F)(F)F)ccc21. The van der Waals surface area contributed by atoms with Crippen molar-refractivity contribution in [3.8, 4) is 23.0 Å². The van der Waals surface area contributed by atoms with Crippen molar-refractivity contribution in [2.75, 3.05) is 0 Å². The fourth-order valence-corrected chi connectivity index (χ4v) is 4.50. The van der Waals surface area contributed by atoms with Crippen LogP contribution in [0.3, 0.4) is 0 Å². The second-order valence-electron chi connectivity index (χ2n) is 7.56. The predicted molar refractivity (Wildman–Crippen MR) is 109 cm³/mol. The first kappa shape index (κ1) is 22.5. The zero-order valence-electron chi connectivity index (χ0n) is 17.0. The first-order valence-electron chi connectivity index (χ1n) is 9.61. The number of ether oxygens (including phenoxy) is 2. The van der Waals surface area contributed by atoms with Gasteiger partial charge in [-0.15, -0.1) is 0 Å². The van der Waals surface area contributed by atoms with Gasteiger partial charge in [0.1, 0.15) is 23.0 Å². The number of carbonyl (C=O) groups excluding carboxylic acids is 1. The van der Waals surface area contributed by atoms with Gasteiger partial charge in [-0.3, -0.25) is 0 Å². The summed E-state index contributed by atoms with van der Waals surface area (Å²) in [6.45, 7) is 0. The molecule has 35 heavy (non-hydrogen) atoms. The molecule has 2 heterocycles. The molecule has 0 saturated carbocycles. The molecule has 9 nitrogen and oxygen atoms in total. The number of aromatic hydroxyl groups is 1. The topological polar surface area (TPSA) is 136 Å². The summed E-state index contributed by atoms with van der Waals surface area (Å²) in [6, 6.07) is 10.4. The van der Waals surface area contributed by atoms with E-state index in [1.165, 1.54) is 30.3 Å². The number of esters is 1. The highest BCUT2D eigenvalue weighted by Gasteiger charge is 2.54. The molecule has 0 aromatic heterocycles. The van der Waals surface area contributed by atoms with E-state index in [-0.39, 0.29) is 45.1 Å². The Morgan fingerprint density at radius 2 is 1.60 bits per heavy atom. The second kappa shape index (κ2) is 7.12. The summed E-state index contributed by atoms with van der Waals surface area (Å²) < 4.78 is 76.8. The van der Waals surface area contributed by atoms with Crippen molar-refractivity contribution >= 4 is 22.1 Å². The number of alkyl halides is 3. The molecule has 1 unspecified atom stereocenters. The van der Waals surface area contributed by atoms with Crippen LogP contribution in [0.25, 0.3) is 0 Å². The fraction of sp³-hybridized carbons (Fsp3) is 0.0909. The summed E-state index contributed by atoms with van der Waals surface area (Å²) >= 11 is 0. The summed E-state index contributed by atoms with van der Waals surface area (Å²) in [5.41, 5.74) is -7.29. The number of rotatable bonds is 3. The van der Waals surface area contributed by atoms with Gasteiger partial charge >= 0.3 is 27.6 Å². The molecule has 3 aromatic carbocycles. The molecule has 0 fully saturated rings. The number of hydrogen-bond donors (Lipinski definition) is 2. The molecule has 0 amide bonds. The molecular formula is C22H11F3O9S. The van der Waals surface area contributed by atoms with Crippen molar-refractivity contribution in [3.63, 3.8) is 0 Å². The number of benzene rings is 3. The van der Waals surface area contributed by atoms with Crippen LogP contribution in [0.1, 0.15) is 37.4 Å². The number of carbonyl (C=O) groups is 2. The van der Waals surface area contributed by atoms with E-state index in [9.17, 15) is 41.4 Å². The number of hydrogen-bond acceptors (Lipinski definition) is 8. The van der Waals surface area contributed by atoms with Gasteiger partial charge in [-0.1, -0.05) is 0 Å². The fourth-order valence-electron chi connectivity index (χ4n) is 4.05. The van der Waals surface area contributed by atoms with Gasteiger partial charge in [0.15, 0.2) is 5.60 Å². The lowest BCUT2D eigenvalue weighted by Crippen LogP contribution is -2.33. The lowest BCUT2D eigenvalue weighted by molar-refractivity contribution is -0.0500. The Bertz CT molecular complexity index is 1550. The van der Waals surface area contributed by atoms with Crippen LogP contribution >= 0.6 is 0 Å². The standard InChI is InChI=1S/C22H11F3O9S/c23-22(24,25)35(30,31)34-12-3-6-15-18(9-12)32-17-8-11(26)2-5-14(17)21(15)16-7-10(19(27)28)1-4-13(16)20(29)33-21/h1-9,26H,(H,27,28). The molecule has 0 radical (unpaired) electrons. The molecule has 1 atom stereocenters. The number of halogens is 3. The van der Waals surface area contributed by atoms with E-state index < -0.39 is 38.9 Å². The Labute approximate surface area is 194 Å². The van der Waals surface area contributed by atoms with E-state index >= 15 is 0 Å². The van der Waals surface area contributed by atoms with Crippen LogP contribution in [0.4, 0.5) is 13.2 Å². The van der Waals surface area contributed by atoms with Crippen LogP contribution < -0.4 is 8.92 Å². The molecule has 1 spiro atoms. The van der Waals surface area contributed by atoms with Crippen molar-refractivity contribution in [2.45, 2.75) is 11.1 Å². The molecule has 0 bridgehead atoms. The maximum absolute atomic E-state index is 12.8. The summed E-state index contributed by atoms with van der Waals surface area (Å²) in [5.74, 6) is -3.44. The maximum atomic E-state index is 12.8. The molecule has 0 aliphatic carbocycles. The normalized spacial score (nSPS) is 18.2. The summed E-state index contributed by atoms with van der Waals surface area (Å²) in [5, 5.41) is 19.4. The van der Waals surface area contributed by atoms with Gasteiger partial charge < -0.3 is 23.9 Å². The quantitative estimate of drug-likeness (QED) is 0.307. The van der Waals surface area contributed by atoms with Crippen LogP contribution in [0.2, 0.25) is 0 Å². The minimum atomic E-state index is -5.99. The third-order valence-electron chi connectivity index (χ3n) is 5.50. The lowest BCUT2D eigenvalue weighted by atomic mass is 9.77. The Morgan fingerprint density at radius 1 is 0.943 bits per heavy atom. The molecule has 180 valence electrons. The van der Waals surface area contributed by atoms with E-state index in [1.807, 2.05) is 0 Å². The van der Waals surface area contributed by atoms with Crippen LogP contribution in [-0.4, -0.2) is 36.1 Å². The van der Waals surface area contributed by atoms with Crippen molar-refractivity contribution in [1.82, 2.24) is 0 Å². The number of aromatic carboxylic acids is 1. The van der Waals surface area contributed by atoms with E-state index in [0.29, 0.717) is 0 Å². The van der Waals surface area contributed by atoms with Crippen LogP contribution in [-0.2, 0) is 20.5 Å². The lowest BCUT2D eigenvalue weighted by Gasteiger charge is -2.36. The highest BCUT2D eigenvalue weighted by atomic mass is 32.2. The van der Waals surface area contributed by atoms with E-state index in [0.717, 1.165) is 24.3 Å². The average molecular weight is 508 g/mol. The number of fused-ring (bicyclic) bond motifs is 6. The van der Waals surface area contributed by atoms with Gasteiger partial charge in [0.2, 0.25) is 0 Å². The third kappa shape index (κ3) is 3.26. The van der Waals surface area contributed by atoms with E-state index in [1.54, 1.807) is 0 Å². The monoisotopic (exact) mass is 508 g/mol. The number of phenolic OH excluding ortho intramolecular Hbond substituents is 1. The minimum absolute atomic E-state index is 0.0295. The smallest absolute Gasteiger partial charge is 0.508 e. The van der Waals surface area contributed by atoms with Crippen molar-refractivity contribution < 1.29 is 55.0 Å². The molecule has 2 aliphatic rings. The third-order valence-corrected chi connectivity index (χ3v) is 6.48. The Morgan fingerprint density at radius 3 is 2.26 bits per heavy atom. The van der Waals surface area contributed by atoms with Crippen LogP contribution in [0, 0.1) is 0 Å². The highest BCUT2D eigenvalue weighted by molar-refractivity contribution is 7.88. The van der Waals surface area contributed by atoms with Gasteiger partial charge in [0, 0.05) is 28.8 Å². The molecule has 0 saturated heterocycles. The maximum Gasteiger partial charge on any atom is 0.534 e. The first-order chi connectivity index (χ1) is 16.3.